The molecular formula is C21H24N4O. The van der Waals surface area contributed by atoms with Crippen molar-refractivity contribution in [2.24, 2.45) is 0 Å². The van der Waals surface area contributed by atoms with Gasteiger partial charge in [-0.15, -0.1) is 0 Å². The summed E-state index contributed by atoms with van der Waals surface area (Å²) in [5.74, 6) is 2.08. The van der Waals surface area contributed by atoms with Crippen LogP contribution in [0.5, 0.6) is 5.75 Å². The van der Waals surface area contributed by atoms with E-state index in [9.17, 15) is 0 Å². The fourth-order valence-electron chi connectivity index (χ4n) is 2.46. The molecule has 2 aromatic carbocycles. The highest BCUT2D eigenvalue weighted by Crippen LogP contribution is 2.27. The van der Waals surface area contributed by atoms with Gasteiger partial charge in [-0.2, -0.15) is 4.98 Å². The zero-order valence-electron chi connectivity index (χ0n) is 15.4. The largest absolute Gasteiger partial charge is 0.489 e. The molecule has 3 aromatic rings. The lowest BCUT2D eigenvalue weighted by atomic mass is 10.1. The third kappa shape index (κ3) is 4.96. The van der Waals surface area contributed by atoms with Crippen LogP contribution in [-0.2, 0) is 6.54 Å². The molecule has 0 amide bonds. The molecule has 0 unspecified atom stereocenters. The maximum Gasteiger partial charge on any atom is 0.229 e. The third-order valence-electron chi connectivity index (χ3n) is 3.75. The average molecular weight is 348 g/mol. The van der Waals surface area contributed by atoms with E-state index in [2.05, 4.69) is 51.8 Å². The average Bonchev–Trinajstić information content (AvgIpc) is 2.63. The molecule has 0 saturated carbocycles. The lowest BCUT2D eigenvalue weighted by Gasteiger charge is -2.15. The summed E-state index contributed by atoms with van der Waals surface area (Å²) in [4.78, 5) is 8.84. The van der Waals surface area contributed by atoms with Crippen molar-refractivity contribution in [3.63, 3.8) is 0 Å². The summed E-state index contributed by atoms with van der Waals surface area (Å²) >= 11 is 0. The zero-order chi connectivity index (χ0) is 18.4. The number of aryl methyl sites for hydroxylation is 1. The fourth-order valence-corrected chi connectivity index (χ4v) is 2.46. The van der Waals surface area contributed by atoms with E-state index in [-0.39, 0.29) is 6.10 Å². The van der Waals surface area contributed by atoms with Crippen molar-refractivity contribution in [1.29, 1.82) is 0 Å². The monoisotopic (exact) mass is 348 g/mol. The van der Waals surface area contributed by atoms with Crippen molar-refractivity contribution in [3.05, 3.63) is 71.9 Å². The Morgan fingerprint density at radius 3 is 2.54 bits per heavy atom. The fraction of sp³-hybridized carbons (Fsp3) is 0.238. The van der Waals surface area contributed by atoms with Crippen LogP contribution < -0.4 is 15.4 Å². The summed E-state index contributed by atoms with van der Waals surface area (Å²) < 4.78 is 5.83. The summed E-state index contributed by atoms with van der Waals surface area (Å²) in [5.41, 5.74) is 3.31. The number of nitrogens with one attached hydrogen (secondary N) is 2. The van der Waals surface area contributed by atoms with Crippen LogP contribution in [-0.4, -0.2) is 16.1 Å². The second kappa shape index (κ2) is 8.34. The van der Waals surface area contributed by atoms with Gasteiger partial charge >= 0.3 is 0 Å². The van der Waals surface area contributed by atoms with Crippen LogP contribution in [0.4, 0.5) is 17.5 Å². The van der Waals surface area contributed by atoms with E-state index in [4.69, 9.17) is 4.74 Å². The smallest absolute Gasteiger partial charge is 0.229 e. The molecule has 0 fully saturated rings. The predicted molar refractivity (Wildman–Crippen MR) is 106 cm³/mol. The highest BCUT2D eigenvalue weighted by Gasteiger charge is 2.07. The molecule has 0 bridgehead atoms. The van der Waals surface area contributed by atoms with Crippen LogP contribution in [0, 0.1) is 6.92 Å². The van der Waals surface area contributed by atoms with Gasteiger partial charge in [0.05, 0.1) is 11.8 Å². The Morgan fingerprint density at radius 1 is 1.00 bits per heavy atom. The maximum atomic E-state index is 5.83. The Kier molecular flexibility index (Phi) is 5.69. The summed E-state index contributed by atoms with van der Waals surface area (Å²) in [7, 11) is 0. The topological polar surface area (TPSA) is 59.1 Å². The number of anilines is 3. The molecule has 134 valence electrons. The SMILES string of the molecule is Cc1ccc(CNc2ccnc(Nc3ccccc3OC(C)C)n2)cc1. The first kappa shape index (κ1) is 17.7. The van der Waals surface area contributed by atoms with Gasteiger partial charge in [0, 0.05) is 12.7 Å². The molecule has 1 heterocycles. The molecule has 5 nitrogen and oxygen atoms in total. The van der Waals surface area contributed by atoms with Gasteiger partial charge in [-0.25, -0.2) is 4.98 Å². The molecule has 3 rings (SSSR count). The van der Waals surface area contributed by atoms with E-state index in [1.54, 1.807) is 6.20 Å². The molecule has 26 heavy (non-hydrogen) atoms. The van der Waals surface area contributed by atoms with Crippen molar-refractivity contribution >= 4 is 17.5 Å². The lowest BCUT2D eigenvalue weighted by molar-refractivity contribution is 0.244. The van der Waals surface area contributed by atoms with Gasteiger partial charge in [0.1, 0.15) is 11.6 Å². The standard InChI is InChI=1S/C21H24N4O/c1-15(2)26-19-7-5-4-6-18(19)24-21-22-13-12-20(25-21)23-14-17-10-8-16(3)9-11-17/h4-13,15H,14H2,1-3H3,(H2,22,23,24,25). The first-order valence-corrected chi connectivity index (χ1v) is 8.75. The number of hydrogen-bond donors (Lipinski definition) is 2. The highest BCUT2D eigenvalue weighted by atomic mass is 16.5. The number of rotatable bonds is 7. The van der Waals surface area contributed by atoms with Crippen LogP contribution in [0.25, 0.3) is 0 Å². The van der Waals surface area contributed by atoms with Gasteiger partial charge in [0.15, 0.2) is 0 Å². The van der Waals surface area contributed by atoms with Crippen molar-refractivity contribution in [3.8, 4) is 5.75 Å². The molecule has 0 radical (unpaired) electrons. The van der Waals surface area contributed by atoms with E-state index < -0.39 is 0 Å². The van der Waals surface area contributed by atoms with Crippen LogP contribution in [0.3, 0.4) is 0 Å². The highest BCUT2D eigenvalue weighted by molar-refractivity contribution is 5.63. The van der Waals surface area contributed by atoms with E-state index in [0.29, 0.717) is 12.5 Å². The summed E-state index contributed by atoms with van der Waals surface area (Å²) in [6.07, 6.45) is 1.83. The van der Waals surface area contributed by atoms with Gasteiger partial charge < -0.3 is 15.4 Å². The molecule has 2 N–H and O–H groups in total. The normalized spacial score (nSPS) is 10.6. The minimum absolute atomic E-state index is 0.0985. The van der Waals surface area contributed by atoms with Crippen molar-refractivity contribution in [2.45, 2.75) is 33.4 Å². The molecule has 0 aliphatic carbocycles. The Hall–Kier alpha value is -3.08. The Morgan fingerprint density at radius 2 is 1.77 bits per heavy atom. The molecule has 0 aliphatic heterocycles. The molecule has 5 heteroatoms. The van der Waals surface area contributed by atoms with Crippen LogP contribution >= 0.6 is 0 Å². The number of hydrogen-bond acceptors (Lipinski definition) is 5. The maximum absolute atomic E-state index is 5.83. The second-order valence-corrected chi connectivity index (χ2v) is 6.39. The minimum Gasteiger partial charge on any atom is -0.489 e. The van der Waals surface area contributed by atoms with Gasteiger partial charge in [0.2, 0.25) is 5.95 Å². The second-order valence-electron chi connectivity index (χ2n) is 6.39. The van der Waals surface area contributed by atoms with Gasteiger partial charge in [0.25, 0.3) is 0 Å². The minimum atomic E-state index is 0.0985. The van der Waals surface area contributed by atoms with E-state index in [0.717, 1.165) is 17.3 Å². The number of para-hydroxylation sites is 2. The van der Waals surface area contributed by atoms with Gasteiger partial charge in [-0.1, -0.05) is 42.0 Å². The van der Waals surface area contributed by atoms with Gasteiger partial charge in [-0.05, 0) is 44.5 Å². The van der Waals surface area contributed by atoms with E-state index >= 15 is 0 Å². The van der Waals surface area contributed by atoms with Crippen molar-refractivity contribution in [1.82, 2.24) is 9.97 Å². The predicted octanol–water partition coefficient (Wildman–Crippen LogP) is 4.93. The molecule has 0 spiro atoms. The number of nitrogens with zero attached hydrogens (tertiary/aromatic N) is 2. The van der Waals surface area contributed by atoms with Crippen molar-refractivity contribution < 1.29 is 4.74 Å². The Labute approximate surface area is 154 Å². The molecule has 1 aromatic heterocycles. The van der Waals surface area contributed by atoms with Gasteiger partial charge in [-0.3, -0.25) is 0 Å². The number of aromatic nitrogens is 2. The first-order chi connectivity index (χ1) is 12.6. The quantitative estimate of drug-likeness (QED) is 0.634. The molecular weight excluding hydrogens is 324 g/mol. The van der Waals surface area contributed by atoms with Crippen LogP contribution in [0.15, 0.2) is 60.8 Å². The molecule has 0 aliphatic rings. The summed E-state index contributed by atoms with van der Waals surface area (Å²) in [6, 6.07) is 18.1. The number of benzene rings is 2. The molecule has 0 atom stereocenters. The lowest BCUT2D eigenvalue weighted by Crippen LogP contribution is -2.08. The zero-order valence-corrected chi connectivity index (χ0v) is 15.4. The van der Waals surface area contributed by atoms with Crippen molar-refractivity contribution in [2.75, 3.05) is 10.6 Å². The summed E-state index contributed by atoms with van der Waals surface area (Å²) in [5, 5.41) is 6.57. The molecule has 0 saturated heterocycles. The first-order valence-electron chi connectivity index (χ1n) is 8.75. The Balaban J connectivity index is 1.69. The van der Waals surface area contributed by atoms with E-state index in [1.807, 2.05) is 44.2 Å². The summed E-state index contributed by atoms with van der Waals surface area (Å²) in [6.45, 7) is 6.80. The van der Waals surface area contributed by atoms with E-state index in [1.165, 1.54) is 11.1 Å². The number of ether oxygens (including phenoxy) is 1. The van der Waals surface area contributed by atoms with Crippen LogP contribution in [0.1, 0.15) is 25.0 Å². The van der Waals surface area contributed by atoms with Crippen LogP contribution in [0.2, 0.25) is 0 Å². The Bertz CT molecular complexity index is 847. The third-order valence-corrected chi connectivity index (χ3v) is 3.75.